The van der Waals surface area contributed by atoms with Gasteiger partial charge in [0.15, 0.2) is 0 Å². The minimum atomic E-state index is -0.476. The maximum absolute atomic E-state index is 11.7. The lowest BCUT2D eigenvalue weighted by atomic mass is 9.98. The van der Waals surface area contributed by atoms with Crippen LogP contribution in [0.25, 0.3) is 0 Å². The molecule has 3 rings (SSSR count). The Morgan fingerprint density at radius 1 is 1.19 bits per heavy atom. The Morgan fingerprint density at radius 2 is 1.93 bits per heavy atom. The Labute approximate surface area is 159 Å². The van der Waals surface area contributed by atoms with Crippen molar-refractivity contribution in [3.05, 3.63) is 46.3 Å². The number of nitro groups is 1. The number of hydrogen-bond donors (Lipinski definition) is 1. The van der Waals surface area contributed by atoms with Gasteiger partial charge in [-0.2, -0.15) is 4.98 Å². The molecular formula is C20H26N4O3. The molecule has 7 nitrogen and oxygen atoms in total. The standard InChI is InChI=1S/C20H26N4O3/c1-2-3-7-15-10-12-16(13-11-15)23-19-18(24(25)26)20(22-14-21-19)27-17-8-5-4-6-9-17/h10-14,17H,2-9H2,1H3,(H,21,22,23). The number of hydrogen-bond acceptors (Lipinski definition) is 6. The van der Waals surface area contributed by atoms with Crippen molar-refractivity contribution in [3.63, 3.8) is 0 Å². The fourth-order valence-corrected chi connectivity index (χ4v) is 3.32. The van der Waals surface area contributed by atoms with Crippen molar-refractivity contribution in [3.8, 4) is 5.88 Å². The smallest absolute Gasteiger partial charge is 0.373 e. The van der Waals surface area contributed by atoms with Crippen molar-refractivity contribution in [2.75, 3.05) is 5.32 Å². The molecule has 0 spiro atoms. The fraction of sp³-hybridized carbons (Fsp3) is 0.500. The largest absolute Gasteiger partial charge is 0.469 e. The van der Waals surface area contributed by atoms with Crippen LogP contribution in [0.5, 0.6) is 5.88 Å². The number of nitrogens with one attached hydrogen (secondary N) is 1. The van der Waals surface area contributed by atoms with Gasteiger partial charge in [-0.15, -0.1) is 0 Å². The predicted molar refractivity (Wildman–Crippen MR) is 105 cm³/mol. The molecule has 0 atom stereocenters. The van der Waals surface area contributed by atoms with Gasteiger partial charge in [-0.05, 0) is 56.2 Å². The number of nitrogens with zero attached hydrogens (tertiary/aromatic N) is 3. The molecule has 1 saturated carbocycles. The minimum Gasteiger partial charge on any atom is -0.469 e. The van der Waals surface area contributed by atoms with Gasteiger partial charge in [-0.3, -0.25) is 10.1 Å². The van der Waals surface area contributed by atoms with E-state index in [4.69, 9.17) is 4.74 Å². The highest BCUT2D eigenvalue weighted by Gasteiger charge is 2.27. The van der Waals surface area contributed by atoms with Gasteiger partial charge < -0.3 is 10.1 Å². The third kappa shape index (κ3) is 5.15. The van der Waals surface area contributed by atoms with E-state index in [-0.39, 0.29) is 23.5 Å². The van der Waals surface area contributed by atoms with E-state index in [1.165, 1.54) is 18.3 Å². The number of unbranched alkanes of at least 4 members (excludes halogenated alkanes) is 1. The first-order valence-corrected chi connectivity index (χ1v) is 9.69. The average Bonchev–Trinajstić information content (AvgIpc) is 2.68. The Balaban J connectivity index is 1.78. The zero-order valence-electron chi connectivity index (χ0n) is 15.7. The summed E-state index contributed by atoms with van der Waals surface area (Å²) >= 11 is 0. The number of aryl methyl sites for hydroxylation is 1. The van der Waals surface area contributed by atoms with Crippen LogP contribution < -0.4 is 10.1 Å². The van der Waals surface area contributed by atoms with Crippen molar-refractivity contribution in [1.82, 2.24) is 9.97 Å². The fourth-order valence-electron chi connectivity index (χ4n) is 3.32. The molecule has 1 aromatic heterocycles. The monoisotopic (exact) mass is 370 g/mol. The van der Waals surface area contributed by atoms with E-state index < -0.39 is 4.92 Å². The zero-order valence-corrected chi connectivity index (χ0v) is 15.7. The summed E-state index contributed by atoms with van der Waals surface area (Å²) in [4.78, 5) is 19.3. The lowest BCUT2D eigenvalue weighted by molar-refractivity contribution is -0.385. The number of rotatable bonds is 8. The van der Waals surface area contributed by atoms with Gasteiger partial charge in [0, 0.05) is 5.69 Å². The molecule has 0 bridgehead atoms. The third-order valence-corrected chi connectivity index (χ3v) is 4.84. The molecule has 27 heavy (non-hydrogen) atoms. The van der Waals surface area contributed by atoms with Crippen molar-refractivity contribution < 1.29 is 9.66 Å². The molecule has 0 radical (unpaired) electrons. The molecular weight excluding hydrogens is 344 g/mol. The molecule has 2 aromatic rings. The first-order chi connectivity index (χ1) is 13.2. The Kier molecular flexibility index (Phi) is 6.57. The van der Waals surface area contributed by atoms with E-state index in [1.54, 1.807) is 0 Å². The topological polar surface area (TPSA) is 90.2 Å². The highest BCUT2D eigenvalue weighted by Crippen LogP contribution is 2.35. The lowest BCUT2D eigenvalue weighted by Crippen LogP contribution is -2.21. The van der Waals surface area contributed by atoms with Crippen LogP contribution in [0.1, 0.15) is 57.4 Å². The highest BCUT2D eigenvalue weighted by atomic mass is 16.6. The number of ether oxygens (including phenoxy) is 1. The summed E-state index contributed by atoms with van der Waals surface area (Å²) in [5, 5.41) is 14.7. The minimum absolute atomic E-state index is 0.0157. The summed E-state index contributed by atoms with van der Waals surface area (Å²) in [5.74, 6) is 0.200. The van der Waals surface area contributed by atoms with Crippen LogP contribution in [0.15, 0.2) is 30.6 Å². The molecule has 0 aliphatic heterocycles. The van der Waals surface area contributed by atoms with E-state index in [0.29, 0.717) is 0 Å². The van der Waals surface area contributed by atoms with Gasteiger partial charge in [-0.1, -0.05) is 31.9 Å². The lowest BCUT2D eigenvalue weighted by Gasteiger charge is -2.22. The second kappa shape index (κ2) is 9.30. The van der Waals surface area contributed by atoms with Gasteiger partial charge in [0.2, 0.25) is 5.82 Å². The maximum Gasteiger partial charge on any atom is 0.373 e. The van der Waals surface area contributed by atoms with Gasteiger partial charge in [-0.25, -0.2) is 4.98 Å². The first-order valence-electron chi connectivity index (χ1n) is 9.69. The molecule has 1 N–H and O–H groups in total. The van der Waals surface area contributed by atoms with Crippen LogP contribution in [-0.4, -0.2) is 21.0 Å². The van der Waals surface area contributed by atoms with Crippen LogP contribution in [0.4, 0.5) is 17.2 Å². The Morgan fingerprint density at radius 3 is 2.59 bits per heavy atom. The summed E-state index contributed by atoms with van der Waals surface area (Å²) in [7, 11) is 0. The van der Waals surface area contributed by atoms with E-state index in [9.17, 15) is 10.1 Å². The number of benzene rings is 1. The average molecular weight is 370 g/mol. The number of anilines is 2. The SMILES string of the molecule is CCCCc1ccc(Nc2ncnc(OC3CCCCC3)c2[N+](=O)[O-])cc1. The summed E-state index contributed by atoms with van der Waals surface area (Å²) in [5.41, 5.74) is 1.79. The molecule has 144 valence electrons. The van der Waals surface area contributed by atoms with Gasteiger partial charge in [0.1, 0.15) is 12.4 Å². The summed E-state index contributed by atoms with van der Waals surface area (Å²) in [6.45, 7) is 2.16. The van der Waals surface area contributed by atoms with E-state index in [2.05, 4.69) is 22.2 Å². The molecule has 1 heterocycles. The number of aromatic nitrogens is 2. The summed E-state index contributed by atoms with van der Waals surface area (Å²) in [6.07, 6.45) is 9.78. The van der Waals surface area contributed by atoms with E-state index in [0.717, 1.165) is 50.6 Å². The Hall–Kier alpha value is -2.70. The molecule has 1 aromatic carbocycles. The normalized spacial score (nSPS) is 14.7. The van der Waals surface area contributed by atoms with Crippen molar-refractivity contribution in [1.29, 1.82) is 0 Å². The van der Waals surface area contributed by atoms with Crippen LogP contribution in [0.2, 0.25) is 0 Å². The zero-order chi connectivity index (χ0) is 19.1. The molecule has 1 fully saturated rings. The van der Waals surface area contributed by atoms with Crippen molar-refractivity contribution in [2.45, 2.75) is 64.4 Å². The van der Waals surface area contributed by atoms with Crippen molar-refractivity contribution in [2.24, 2.45) is 0 Å². The molecule has 1 aliphatic carbocycles. The third-order valence-electron chi connectivity index (χ3n) is 4.84. The van der Waals surface area contributed by atoms with E-state index >= 15 is 0 Å². The summed E-state index contributed by atoms with van der Waals surface area (Å²) < 4.78 is 5.86. The van der Waals surface area contributed by atoms with Crippen LogP contribution in [0.3, 0.4) is 0 Å². The predicted octanol–water partition coefficient (Wildman–Crippen LogP) is 5.18. The first kappa shape index (κ1) is 19.1. The molecule has 7 heteroatoms. The van der Waals surface area contributed by atoms with Gasteiger partial charge in [0.05, 0.1) is 4.92 Å². The van der Waals surface area contributed by atoms with Crippen LogP contribution in [-0.2, 0) is 6.42 Å². The molecule has 0 amide bonds. The van der Waals surface area contributed by atoms with Gasteiger partial charge >= 0.3 is 5.69 Å². The van der Waals surface area contributed by atoms with Crippen LogP contribution >= 0.6 is 0 Å². The molecule has 1 aliphatic rings. The quantitative estimate of drug-likeness (QED) is 0.508. The van der Waals surface area contributed by atoms with E-state index in [1.807, 2.05) is 24.3 Å². The maximum atomic E-state index is 11.7. The van der Waals surface area contributed by atoms with Gasteiger partial charge in [0.25, 0.3) is 5.88 Å². The highest BCUT2D eigenvalue weighted by molar-refractivity contribution is 5.68. The summed E-state index contributed by atoms with van der Waals surface area (Å²) in [6, 6.07) is 7.89. The molecule has 0 unspecified atom stereocenters. The molecule has 0 saturated heterocycles. The van der Waals surface area contributed by atoms with Crippen LogP contribution in [0, 0.1) is 10.1 Å². The second-order valence-electron chi connectivity index (χ2n) is 6.94. The van der Waals surface area contributed by atoms with Crippen molar-refractivity contribution >= 4 is 17.2 Å². The Bertz CT molecular complexity index is 758. The second-order valence-corrected chi connectivity index (χ2v) is 6.94.